The predicted molar refractivity (Wildman–Crippen MR) is 122 cm³/mol. The van der Waals surface area contributed by atoms with Gasteiger partial charge in [0.05, 0.1) is 6.10 Å². The molecule has 3 saturated carbocycles. The maximum absolute atomic E-state index is 13.0. The van der Waals surface area contributed by atoms with Crippen molar-refractivity contribution in [2.45, 2.75) is 111 Å². The number of fused-ring (bicyclic) bond motifs is 1. The molecule has 2 unspecified atom stereocenters. The van der Waals surface area contributed by atoms with Crippen molar-refractivity contribution < 1.29 is 14.7 Å². The molecule has 172 valence electrons. The second-order valence-corrected chi connectivity index (χ2v) is 12.0. The summed E-state index contributed by atoms with van der Waals surface area (Å²) in [6.45, 7) is 11.8. The highest BCUT2D eigenvalue weighted by Gasteiger charge is 2.58. The first kappa shape index (κ1) is 24.0. The Morgan fingerprint density at radius 1 is 1.03 bits per heavy atom. The van der Waals surface area contributed by atoms with Gasteiger partial charge in [0.25, 0.3) is 0 Å². The van der Waals surface area contributed by atoms with Gasteiger partial charge in [0.15, 0.2) is 0 Å². The molecular weight excluding hydrogens is 372 g/mol. The van der Waals surface area contributed by atoms with Crippen LogP contribution in [0.5, 0.6) is 0 Å². The van der Waals surface area contributed by atoms with Crippen LogP contribution in [0.3, 0.4) is 0 Å². The average Bonchev–Trinajstić information content (AvgIpc) is 3.02. The monoisotopic (exact) mass is 418 g/mol. The number of ketones is 1. The summed E-state index contributed by atoms with van der Waals surface area (Å²) < 4.78 is 0. The molecule has 3 rings (SSSR count). The topological polar surface area (TPSA) is 54.4 Å². The Kier molecular flexibility index (Phi) is 7.53. The van der Waals surface area contributed by atoms with Crippen LogP contribution in [-0.2, 0) is 9.59 Å². The van der Waals surface area contributed by atoms with E-state index in [4.69, 9.17) is 0 Å². The minimum atomic E-state index is -0.466. The normalized spacial score (nSPS) is 42.9. The lowest BCUT2D eigenvalue weighted by atomic mass is 9.49. The highest BCUT2D eigenvalue weighted by molar-refractivity contribution is 5.86. The maximum Gasteiger partial charge on any atom is 0.141 e. The quantitative estimate of drug-likeness (QED) is 0.476. The van der Waals surface area contributed by atoms with Gasteiger partial charge in [0.2, 0.25) is 0 Å². The first-order valence-corrected chi connectivity index (χ1v) is 12.8. The molecule has 0 aromatic carbocycles. The van der Waals surface area contributed by atoms with Gasteiger partial charge in [-0.1, -0.05) is 53.9 Å². The number of carbonyl (C=O) groups is 2. The van der Waals surface area contributed by atoms with Crippen LogP contribution in [0.25, 0.3) is 0 Å². The van der Waals surface area contributed by atoms with Gasteiger partial charge >= 0.3 is 0 Å². The summed E-state index contributed by atoms with van der Waals surface area (Å²) in [5, 5.41) is 9.99. The molecule has 0 amide bonds. The van der Waals surface area contributed by atoms with Crippen LogP contribution < -0.4 is 0 Å². The first-order chi connectivity index (χ1) is 14.1. The predicted octanol–water partition coefficient (Wildman–Crippen LogP) is 6.22. The SMILES string of the molecule is CC(C)CCC[C@@H](C)[C@H]1CC[C@H]2C(CC=O)C([C@@]3(C)CC[C@H](O)CC3=O)CC[C@]12C. The van der Waals surface area contributed by atoms with E-state index >= 15 is 0 Å². The number of carbonyl (C=O) groups excluding carboxylic acids is 2. The molecule has 3 fully saturated rings. The lowest BCUT2D eigenvalue weighted by Gasteiger charge is -2.54. The Bertz CT molecular complexity index is 613. The molecule has 0 spiro atoms. The van der Waals surface area contributed by atoms with Crippen LogP contribution in [0.4, 0.5) is 0 Å². The Labute approximate surface area is 184 Å². The molecule has 1 N–H and O–H groups in total. The zero-order chi connectivity index (χ0) is 22.1. The third-order valence-corrected chi connectivity index (χ3v) is 9.88. The summed E-state index contributed by atoms with van der Waals surface area (Å²) >= 11 is 0. The highest BCUT2D eigenvalue weighted by atomic mass is 16.3. The van der Waals surface area contributed by atoms with E-state index in [0.717, 1.165) is 43.3 Å². The van der Waals surface area contributed by atoms with Crippen LogP contribution in [-0.4, -0.2) is 23.3 Å². The van der Waals surface area contributed by atoms with Crippen LogP contribution in [0, 0.1) is 46.3 Å². The second kappa shape index (κ2) is 9.43. The molecule has 3 aliphatic rings. The molecule has 0 saturated heterocycles. The molecule has 3 aliphatic carbocycles. The summed E-state index contributed by atoms with van der Waals surface area (Å²) in [5.41, 5.74) is -0.0375. The summed E-state index contributed by atoms with van der Waals surface area (Å²) in [6.07, 6.45) is 11.8. The van der Waals surface area contributed by atoms with Crippen molar-refractivity contribution >= 4 is 12.1 Å². The lowest BCUT2D eigenvalue weighted by Crippen LogP contribution is -2.51. The van der Waals surface area contributed by atoms with Gasteiger partial charge in [-0.15, -0.1) is 0 Å². The number of Topliss-reactive ketones (excluding diaryl/α,β-unsaturated/α-hetero) is 1. The molecule has 0 bridgehead atoms. The number of aliphatic hydroxyl groups is 1. The highest BCUT2D eigenvalue weighted by Crippen LogP contribution is 2.64. The maximum atomic E-state index is 13.0. The van der Waals surface area contributed by atoms with Crippen LogP contribution in [0.15, 0.2) is 0 Å². The van der Waals surface area contributed by atoms with Gasteiger partial charge in [0, 0.05) is 18.3 Å². The summed E-state index contributed by atoms with van der Waals surface area (Å²) in [5.74, 6) is 3.71. The third kappa shape index (κ3) is 4.43. The van der Waals surface area contributed by atoms with E-state index in [-0.39, 0.29) is 11.2 Å². The molecule has 0 aromatic heterocycles. The van der Waals surface area contributed by atoms with E-state index in [9.17, 15) is 14.7 Å². The summed E-state index contributed by atoms with van der Waals surface area (Å²) in [7, 11) is 0. The van der Waals surface area contributed by atoms with Gasteiger partial charge in [0.1, 0.15) is 12.1 Å². The Morgan fingerprint density at radius 2 is 1.77 bits per heavy atom. The Balaban J connectivity index is 1.77. The minimum absolute atomic E-state index is 0.238. The molecule has 0 aromatic rings. The van der Waals surface area contributed by atoms with Gasteiger partial charge in [-0.25, -0.2) is 0 Å². The fourth-order valence-corrected chi connectivity index (χ4v) is 8.09. The van der Waals surface area contributed by atoms with E-state index in [1.54, 1.807) is 0 Å². The molecular formula is C27H46O3. The fraction of sp³-hybridized carbons (Fsp3) is 0.926. The van der Waals surface area contributed by atoms with Crippen LogP contribution >= 0.6 is 0 Å². The molecule has 0 radical (unpaired) electrons. The van der Waals surface area contributed by atoms with Crippen molar-refractivity contribution in [1.82, 2.24) is 0 Å². The van der Waals surface area contributed by atoms with Gasteiger partial charge in [-0.05, 0) is 79.4 Å². The Morgan fingerprint density at radius 3 is 2.40 bits per heavy atom. The zero-order valence-corrected chi connectivity index (χ0v) is 20.2. The molecule has 8 atom stereocenters. The van der Waals surface area contributed by atoms with Crippen molar-refractivity contribution in [3.8, 4) is 0 Å². The van der Waals surface area contributed by atoms with E-state index in [1.165, 1.54) is 38.5 Å². The molecule has 3 heteroatoms. The largest absolute Gasteiger partial charge is 0.393 e. The van der Waals surface area contributed by atoms with Crippen molar-refractivity contribution in [3.63, 3.8) is 0 Å². The van der Waals surface area contributed by atoms with Gasteiger partial charge in [-0.2, -0.15) is 0 Å². The second-order valence-electron chi connectivity index (χ2n) is 12.0. The van der Waals surface area contributed by atoms with Crippen molar-refractivity contribution in [2.75, 3.05) is 0 Å². The van der Waals surface area contributed by atoms with E-state index < -0.39 is 6.10 Å². The molecule has 3 nitrogen and oxygen atoms in total. The minimum Gasteiger partial charge on any atom is -0.393 e. The zero-order valence-electron chi connectivity index (χ0n) is 20.2. The fourth-order valence-electron chi connectivity index (χ4n) is 8.09. The first-order valence-electron chi connectivity index (χ1n) is 12.8. The molecule has 0 heterocycles. The number of aldehydes is 1. The number of hydrogen-bond donors (Lipinski definition) is 1. The van der Waals surface area contributed by atoms with Crippen LogP contribution in [0.2, 0.25) is 0 Å². The standard InChI is InChI=1S/C27H46O3/c1-18(2)7-6-8-19(3)22-9-10-23-21(13-16-28)24(12-15-26(22,23)4)27(5)14-11-20(29)17-25(27)30/h16,18-24,29H,6-15,17H2,1-5H3/t19-,20+,21?,22-,23+,24?,26-,27-/m1/s1. The van der Waals surface area contributed by atoms with E-state index in [0.29, 0.717) is 36.0 Å². The van der Waals surface area contributed by atoms with Crippen molar-refractivity contribution in [2.24, 2.45) is 46.3 Å². The Hall–Kier alpha value is -0.700. The number of aliphatic hydroxyl groups excluding tert-OH is 1. The molecule has 0 aliphatic heterocycles. The lowest BCUT2D eigenvalue weighted by molar-refractivity contribution is -0.146. The van der Waals surface area contributed by atoms with Crippen molar-refractivity contribution in [3.05, 3.63) is 0 Å². The molecule has 30 heavy (non-hydrogen) atoms. The van der Waals surface area contributed by atoms with Gasteiger partial charge < -0.3 is 9.90 Å². The number of rotatable bonds is 8. The number of hydrogen-bond acceptors (Lipinski definition) is 3. The van der Waals surface area contributed by atoms with Gasteiger partial charge in [-0.3, -0.25) is 4.79 Å². The summed E-state index contributed by atoms with van der Waals surface area (Å²) in [4.78, 5) is 24.8. The third-order valence-electron chi connectivity index (χ3n) is 9.88. The van der Waals surface area contributed by atoms with Crippen LogP contribution in [0.1, 0.15) is 105 Å². The average molecular weight is 419 g/mol. The van der Waals surface area contributed by atoms with Crippen molar-refractivity contribution in [1.29, 1.82) is 0 Å². The summed E-state index contributed by atoms with van der Waals surface area (Å²) in [6, 6.07) is 0. The smallest absolute Gasteiger partial charge is 0.141 e. The van der Waals surface area contributed by atoms with E-state index in [2.05, 4.69) is 34.6 Å². The van der Waals surface area contributed by atoms with E-state index in [1.807, 2.05) is 0 Å².